The Hall–Kier alpha value is -0.530. The van der Waals surface area contributed by atoms with Gasteiger partial charge >= 0.3 is 5.97 Å². The minimum atomic E-state index is -0.00182. The van der Waals surface area contributed by atoms with E-state index in [-0.39, 0.29) is 12.1 Å². The van der Waals surface area contributed by atoms with Crippen molar-refractivity contribution in [3.05, 3.63) is 0 Å². The molecule has 2 atom stereocenters. The molecule has 0 aromatic heterocycles. The Bertz CT molecular complexity index is 416. The van der Waals surface area contributed by atoms with Crippen LogP contribution in [0.2, 0.25) is 0 Å². The molecule has 0 radical (unpaired) electrons. The summed E-state index contributed by atoms with van der Waals surface area (Å²) in [5.74, 6) is 4.82. The lowest BCUT2D eigenvalue weighted by atomic mass is 9.65. The van der Waals surface area contributed by atoms with Crippen molar-refractivity contribution < 1.29 is 9.53 Å². The van der Waals surface area contributed by atoms with Crippen LogP contribution in [0.4, 0.5) is 0 Å². The minimum Gasteiger partial charge on any atom is -0.462 e. The van der Waals surface area contributed by atoms with Crippen LogP contribution in [0.1, 0.15) is 110 Å². The van der Waals surface area contributed by atoms with Gasteiger partial charge in [-0.15, -0.1) is 0 Å². The summed E-state index contributed by atoms with van der Waals surface area (Å²) in [4.78, 5) is 11.6. The molecule has 0 saturated heterocycles. The molecule has 0 N–H and O–H groups in total. The van der Waals surface area contributed by atoms with Crippen LogP contribution in [0.25, 0.3) is 0 Å². The van der Waals surface area contributed by atoms with E-state index in [2.05, 4.69) is 6.92 Å². The molecule has 0 spiro atoms. The molecule has 0 aliphatic heterocycles. The van der Waals surface area contributed by atoms with Gasteiger partial charge in [0.25, 0.3) is 0 Å². The molecule has 0 aromatic carbocycles. The Kier molecular flexibility index (Phi) is 7.88. The molecule has 2 heteroatoms. The van der Waals surface area contributed by atoms with Crippen molar-refractivity contribution in [2.75, 3.05) is 0 Å². The van der Waals surface area contributed by atoms with Gasteiger partial charge < -0.3 is 4.74 Å². The summed E-state index contributed by atoms with van der Waals surface area (Å²) in [6.07, 6.45) is 20.3. The number of esters is 1. The number of carbonyl (C=O) groups excluding carboxylic acids is 1. The van der Waals surface area contributed by atoms with Crippen molar-refractivity contribution >= 4 is 5.97 Å². The standard InChI is InChI=1S/C24H42O2/c1-3-6-18-9-11-19(12-10-18)20-13-15-21(16-14-20)22-7-5-8-23(17-22)26-24(25)4-2/h18-23H,3-17H2,1-2H3/t18-,19-,20?,21?,22-,23+/m0/s1. The zero-order valence-corrected chi connectivity index (χ0v) is 17.4. The van der Waals surface area contributed by atoms with Crippen molar-refractivity contribution in [2.24, 2.45) is 29.6 Å². The topological polar surface area (TPSA) is 26.3 Å². The van der Waals surface area contributed by atoms with Gasteiger partial charge in [0.2, 0.25) is 0 Å². The second-order valence-corrected chi connectivity index (χ2v) is 9.64. The van der Waals surface area contributed by atoms with Crippen LogP contribution in [0.5, 0.6) is 0 Å². The van der Waals surface area contributed by atoms with Crippen molar-refractivity contribution in [1.82, 2.24) is 0 Å². The van der Waals surface area contributed by atoms with Crippen molar-refractivity contribution in [1.29, 1.82) is 0 Å². The molecule has 3 fully saturated rings. The Morgan fingerprint density at radius 1 is 0.769 bits per heavy atom. The summed E-state index contributed by atoms with van der Waals surface area (Å²) in [5.41, 5.74) is 0. The second kappa shape index (κ2) is 10.1. The van der Waals surface area contributed by atoms with E-state index in [9.17, 15) is 4.79 Å². The molecule has 0 bridgehead atoms. The highest BCUT2D eigenvalue weighted by Crippen LogP contribution is 2.46. The van der Waals surface area contributed by atoms with Gasteiger partial charge in [-0.2, -0.15) is 0 Å². The van der Waals surface area contributed by atoms with Crippen LogP contribution in [0, 0.1) is 29.6 Å². The van der Waals surface area contributed by atoms with Crippen molar-refractivity contribution in [2.45, 2.75) is 116 Å². The van der Waals surface area contributed by atoms with E-state index in [1.807, 2.05) is 6.92 Å². The third-order valence-electron chi connectivity index (χ3n) is 7.99. The summed E-state index contributed by atoms with van der Waals surface area (Å²) < 4.78 is 5.67. The van der Waals surface area contributed by atoms with Gasteiger partial charge in [0.15, 0.2) is 0 Å². The van der Waals surface area contributed by atoms with E-state index < -0.39 is 0 Å². The third kappa shape index (κ3) is 5.49. The zero-order chi connectivity index (χ0) is 18.4. The lowest BCUT2D eigenvalue weighted by Gasteiger charge is -2.41. The first-order valence-corrected chi connectivity index (χ1v) is 11.9. The molecule has 150 valence electrons. The van der Waals surface area contributed by atoms with Crippen LogP contribution >= 0.6 is 0 Å². The van der Waals surface area contributed by atoms with E-state index >= 15 is 0 Å². The van der Waals surface area contributed by atoms with E-state index in [1.54, 1.807) is 0 Å². The van der Waals surface area contributed by atoms with E-state index in [0.29, 0.717) is 6.42 Å². The smallest absolute Gasteiger partial charge is 0.305 e. The molecule has 3 saturated carbocycles. The Morgan fingerprint density at radius 3 is 1.92 bits per heavy atom. The maximum Gasteiger partial charge on any atom is 0.305 e. The first kappa shape index (κ1) is 20.2. The number of hydrogen-bond acceptors (Lipinski definition) is 2. The second-order valence-electron chi connectivity index (χ2n) is 9.64. The van der Waals surface area contributed by atoms with E-state index in [1.165, 1.54) is 77.0 Å². The number of hydrogen-bond donors (Lipinski definition) is 0. The third-order valence-corrected chi connectivity index (χ3v) is 7.99. The van der Waals surface area contributed by atoms with Gasteiger partial charge in [-0.1, -0.05) is 39.5 Å². The Balaban J connectivity index is 1.40. The summed E-state index contributed by atoms with van der Waals surface area (Å²) in [5, 5.41) is 0. The first-order valence-electron chi connectivity index (χ1n) is 11.9. The number of ether oxygens (including phenoxy) is 1. The summed E-state index contributed by atoms with van der Waals surface area (Å²) in [6.45, 7) is 4.24. The van der Waals surface area contributed by atoms with Crippen LogP contribution in [-0.2, 0) is 9.53 Å². The Labute approximate surface area is 161 Å². The monoisotopic (exact) mass is 362 g/mol. The average molecular weight is 363 g/mol. The average Bonchev–Trinajstić information content (AvgIpc) is 2.69. The van der Waals surface area contributed by atoms with Gasteiger partial charge in [0.1, 0.15) is 6.10 Å². The van der Waals surface area contributed by atoms with Crippen LogP contribution in [0.3, 0.4) is 0 Å². The molecule has 0 unspecified atom stereocenters. The predicted octanol–water partition coefficient (Wildman–Crippen LogP) is 6.91. The molecule has 0 amide bonds. The molecular weight excluding hydrogens is 320 g/mol. The lowest BCUT2D eigenvalue weighted by molar-refractivity contribution is -0.151. The minimum absolute atomic E-state index is 0.00182. The molecule has 3 rings (SSSR count). The summed E-state index contributed by atoms with van der Waals surface area (Å²) in [6, 6.07) is 0. The fourth-order valence-corrected chi connectivity index (χ4v) is 6.43. The quantitative estimate of drug-likeness (QED) is 0.480. The molecule has 3 aliphatic carbocycles. The highest BCUT2D eigenvalue weighted by Gasteiger charge is 2.35. The van der Waals surface area contributed by atoms with E-state index in [0.717, 1.165) is 42.4 Å². The van der Waals surface area contributed by atoms with Crippen molar-refractivity contribution in [3.8, 4) is 0 Å². The summed E-state index contributed by atoms with van der Waals surface area (Å²) >= 11 is 0. The highest BCUT2D eigenvalue weighted by atomic mass is 16.5. The number of rotatable bonds is 6. The summed E-state index contributed by atoms with van der Waals surface area (Å²) in [7, 11) is 0. The van der Waals surface area contributed by atoms with Gasteiger partial charge in [-0.25, -0.2) is 0 Å². The normalized spacial score (nSPS) is 38.7. The molecule has 2 nitrogen and oxygen atoms in total. The fourth-order valence-electron chi connectivity index (χ4n) is 6.43. The Morgan fingerprint density at radius 2 is 1.35 bits per heavy atom. The van der Waals surface area contributed by atoms with Crippen molar-refractivity contribution in [3.63, 3.8) is 0 Å². The van der Waals surface area contributed by atoms with Crippen LogP contribution < -0.4 is 0 Å². The molecule has 26 heavy (non-hydrogen) atoms. The van der Waals surface area contributed by atoms with Gasteiger partial charge in [0, 0.05) is 6.42 Å². The van der Waals surface area contributed by atoms with Gasteiger partial charge in [-0.3, -0.25) is 4.79 Å². The van der Waals surface area contributed by atoms with Gasteiger partial charge in [0.05, 0.1) is 0 Å². The maximum absolute atomic E-state index is 11.6. The van der Waals surface area contributed by atoms with E-state index in [4.69, 9.17) is 4.74 Å². The fraction of sp³-hybridized carbons (Fsp3) is 0.958. The molecular formula is C24H42O2. The lowest BCUT2D eigenvalue weighted by Crippen LogP contribution is -2.32. The predicted molar refractivity (Wildman–Crippen MR) is 108 cm³/mol. The molecule has 0 heterocycles. The van der Waals surface area contributed by atoms with Gasteiger partial charge in [-0.05, 0) is 93.8 Å². The van der Waals surface area contributed by atoms with Crippen LogP contribution in [-0.4, -0.2) is 12.1 Å². The maximum atomic E-state index is 11.6. The largest absolute Gasteiger partial charge is 0.462 e. The SMILES string of the molecule is CCC[C@H]1CC[C@H](C2CCC([C@H]3CCC[C@@H](OC(=O)CC)C3)CC2)CC1. The zero-order valence-electron chi connectivity index (χ0n) is 17.4. The number of carbonyl (C=O) groups is 1. The molecule has 0 aromatic rings. The van der Waals surface area contributed by atoms with Crippen LogP contribution in [0.15, 0.2) is 0 Å². The highest BCUT2D eigenvalue weighted by molar-refractivity contribution is 5.69. The molecule has 3 aliphatic rings. The first-order chi connectivity index (χ1) is 12.7.